The van der Waals surface area contributed by atoms with Crippen LogP contribution in [-0.2, 0) is 13.1 Å². The lowest BCUT2D eigenvalue weighted by atomic mass is 10.2. The van der Waals surface area contributed by atoms with Gasteiger partial charge in [0, 0.05) is 25.5 Å². The van der Waals surface area contributed by atoms with Gasteiger partial charge in [0.25, 0.3) is 0 Å². The smallest absolute Gasteiger partial charge is 0.0313 e. The van der Waals surface area contributed by atoms with Gasteiger partial charge >= 0.3 is 0 Å². The highest BCUT2D eigenvalue weighted by Gasteiger charge is 1.98. The summed E-state index contributed by atoms with van der Waals surface area (Å²) < 4.78 is 0. The van der Waals surface area contributed by atoms with Crippen molar-refractivity contribution in [3.8, 4) is 0 Å². The van der Waals surface area contributed by atoms with Gasteiger partial charge in [-0.05, 0) is 24.7 Å². The number of pyridine rings is 1. The molecule has 0 atom stereocenters. The van der Waals surface area contributed by atoms with Crippen molar-refractivity contribution in [3.63, 3.8) is 0 Å². The Morgan fingerprint density at radius 3 is 2.69 bits per heavy atom. The van der Waals surface area contributed by atoms with E-state index in [1.807, 2.05) is 12.4 Å². The highest BCUT2D eigenvalue weighted by molar-refractivity contribution is 5.17. The van der Waals surface area contributed by atoms with Gasteiger partial charge in [0.15, 0.2) is 0 Å². The van der Waals surface area contributed by atoms with Gasteiger partial charge in [-0.3, -0.25) is 4.98 Å². The van der Waals surface area contributed by atoms with Crippen LogP contribution in [0.4, 0.5) is 0 Å². The molecule has 2 N–H and O–H groups in total. The zero-order valence-electron chi connectivity index (χ0n) is 8.33. The van der Waals surface area contributed by atoms with Crippen molar-refractivity contribution in [1.29, 1.82) is 0 Å². The number of nitrogens with zero attached hydrogens (tertiary/aromatic N) is 2. The van der Waals surface area contributed by atoms with E-state index in [-0.39, 0.29) is 0 Å². The molecule has 1 rings (SSSR count). The van der Waals surface area contributed by atoms with E-state index in [2.05, 4.69) is 29.9 Å². The van der Waals surface area contributed by atoms with E-state index >= 15 is 0 Å². The number of nitrogens with two attached hydrogens (primary N) is 1. The summed E-state index contributed by atoms with van der Waals surface area (Å²) in [6.45, 7) is 4.70. The molecule has 0 saturated carbocycles. The Kier molecular flexibility index (Phi) is 3.86. The fraction of sp³-hybridized carbons (Fsp3) is 0.500. The van der Waals surface area contributed by atoms with E-state index in [4.69, 9.17) is 5.73 Å². The third-order valence-electron chi connectivity index (χ3n) is 2.08. The summed E-state index contributed by atoms with van der Waals surface area (Å²) >= 11 is 0. The zero-order chi connectivity index (χ0) is 9.68. The highest BCUT2D eigenvalue weighted by Crippen LogP contribution is 2.04. The first kappa shape index (κ1) is 10.2. The third kappa shape index (κ3) is 3.13. The normalized spacial score (nSPS) is 10.8. The van der Waals surface area contributed by atoms with Gasteiger partial charge in [0.2, 0.25) is 0 Å². The predicted molar refractivity (Wildman–Crippen MR) is 54.1 cm³/mol. The number of hydrogen-bond donors (Lipinski definition) is 1. The van der Waals surface area contributed by atoms with E-state index in [0.29, 0.717) is 6.54 Å². The van der Waals surface area contributed by atoms with E-state index in [9.17, 15) is 0 Å². The second-order valence-corrected chi connectivity index (χ2v) is 3.24. The molecule has 0 amide bonds. The van der Waals surface area contributed by atoms with Crippen molar-refractivity contribution in [2.24, 2.45) is 5.73 Å². The van der Waals surface area contributed by atoms with E-state index in [0.717, 1.165) is 18.7 Å². The molecular formula is C10H17N3. The zero-order valence-corrected chi connectivity index (χ0v) is 8.33. The number of hydrogen-bond acceptors (Lipinski definition) is 3. The molecule has 0 aliphatic rings. The molecule has 1 heterocycles. The molecule has 0 aromatic carbocycles. The molecule has 3 heteroatoms. The van der Waals surface area contributed by atoms with Crippen molar-refractivity contribution in [2.45, 2.75) is 20.0 Å². The molecule has 0 aliphatic carbocycles. The summed E-state index contributed by atoms with van der Waals surface area (Å²) in [4.78, 5) is 6.37. The molecule has 1 aromatic heterocycles. The molecule has 72 valence electrons. The molecule has 13 heavy (non-hydrogen) atoms. The topological polar surface area (TPSA) is 42.2 Å². The Morgan fingerprint density at radius 2 is 2.08 bits per heavy atom. The van der Waals surface area contributed by atoms with Crippen LogP contribution >= 0.6 is 0 Å². The van der Waals surface area contributed by atoms with Crippen molar-refractivity contribution in [3.05, 3.63) is 29.6 Å². The van der Waals surface area contributed by atoms with Gasteiger partial charge in [-0.2, -0.15) is 0 Å². The SMILES string of the molecule is CCN(C)Cc1cncc(CN)c1. The van der Waals surface area contributed by atoms with E-state index < -0.39 is 0 Å². The summed E-state index contributed by atoms with van der Waals surface area (Å²) in [5.74, 6) is 0. The predicted octanol–water partition coefficient (Wildman–Crippen LogP) is 0.992. The van der Waals surface area contributed by atoms with Crippen LogP contribution in [0.15, 0.2) is 18.5 Å². The molecule has 1 aromatic rings. The minimum absolute atomic E-state index is 0.566. The van der Waals surface area contributed by atoms with Gasteiger partial charge in [-0.15, -0.1) is 0 Å². The molecule has 3 nitrogen and oxygen atoms in total. The fourth-order valence-electron chi connectivity index (χ4n) is 1.16. The Hall–Kier alpha value is -0.930. The van der Waals surface area contributed by atoms with Crippen LogP contribution in [0.2, 0.25) is 0 Å². The lowest BCUT2D eigenvalue weighted by Gasteiger charge is -2.13. The first-order valence-electron chi connectivity index (χ1n) is 4.57. The summed E-state index contributed by atoms with van der Waals surface area (Å²) in [6, 6.07) is 2.11. The highest BCUT2D eigenvalue weighted by atomic mass is 15.1. The lowest BCUT2D eigenvalue weighted by molar-refractivity contribution is 0.345. The second kappa shape index (κ2) is 4.94. The summed E-state index contributed by atoms with van der Waals surface area (Å²) in [5, 5.41) is 0. The molecule has 0 saturated heterocycles. The molecule has 0 fully saturated rings. The van der Waals surface area contributed by atoms with Crippen molar-refractivity contribution in [2.75, 3.05) is 13.6 Å². The van der Waals surface area contributed by atoms with Crippen molar-refractivity contribution >= 4 is 0 Å². The van der Waals surface area contributed by atoms with Crippen LogP contribution < -0.4 is 5.73 Å². The van der Waals surface area contributed by atoms with Crippen LogP contribution in [-0.4, -0.2) is 23.5 Å². The average Bonchev–Trinajstić information content (AvgIpc) is 2.18. The maximum absolute atomic E-state index is 5.53. The first-order valence-corrected chi connectivity index (χ1v) is 4.57. The summed E-state index contributed by atoms with van der Waals surface area (Å²) in [5.41, 5.74) is 7.86. The maximum Gasteiger partial charge on any atom is 0.0313 e. The van der Waals surface area contributed by atoms with Crippen LogP contribution in [0, 0.1) is 0 Å². The molecular weight excluding hydrogens is 162 g/mol. The van der Waals surface area contributed by atoms with Crippen LogP contribution in [0.1, 0.15) is 18.1 Å². The monoisotopic (exact) mass is 179 g/mol. The van der Waals surface area contributed by atoms with Gasteiger partial charge < -0.3 is 10.6 Å². The van der Waals surface area contributed by atoms with Crippen LogP contribution in [0.25, 0.3) is 0 Å². The van der Waals surface area contributed by atoms with Crippen molar-refractivity contribution < 1.29 is 0 Å². The fourth-order valence-corrected chi connectivity index (χ4v) is 1.16. The Labute approximate surface area is 79.6 Å². The minimum Gasteiger partial charge on any atom is -0.326 e. The molecule has 0 spiro atoms. The summed E-state index contributed by atoms with van der Waals surface area (Å²) in [7, 11) is 2.09. The summed E-state index contributed by atoms with van der Waals surface area (Å²) in [6.07, 6.45) is 3.71. The Bertz CT molecular complexity index is 260. The third-order valence-corrected chi connectivity index (χ3v) is 2.08. The van der Waals surface area contributed by atoms with Gasteiger partial charge in [0.1, 0.15) is 0 Å². The Morgan fingerprint density at radius 1 is 1.38 bits per heavy atom. The Balaban J connectivity index is 2.66. The molecule has 0 aliphatic heterocycles. The minimum atomic E-state index is 0.566. The number of rotatable bonds is 4. The molecule has 0 radical (unpaired) electrons. The first-order chi connectivity index (χ1) is 6.26. The van der Waals surface area contributed by atoms with E-state index in [1.165, 1.54) is 5.56 Å². The standard InChI is InChI=1S/C10H17N3/c1-3-13(2)8-10-4-9(5-11)6-12-7-10/h4,6-7H,3,5,8,11H2,1-2H3. The number of aromatic nitrogens is 1. The van der Waals surface area contributed by atoms with Gasteiger partial charge in [-0.1, -0.05) is 13.0 Å². The van der Waals surface area contributed by atoms with Gasteiger partial charge in [0.05, 0.1) is 0 Å². The van der Waals surface area contributed by atoms with Crippen molar-refractivity contribution in [1.82, 2.24) is 9.88 Å². The quantitative estimate of drug-likeness (QED) is 0.749. The average molecular weight is 179 g/mol. The molecule has 0 bridgehead atoms. The van der Waals surface area contributed by atoms with E-state index in [1.54, 1.807) is 0 Å². The molecule has 0 unspecified atom stereocenters. The lowest BCUT2D eigenvalue weighted by Crippen LogP contribution is -2.17. The second-order valence-electron chi connectivity index (χ2n) is 3.24. The maximum atomic E-state index is 5.53. The van der Waals surface area contributed by atoms with Gasteiger partial charge in [-0.25, -0.2) is 0 Å². The van der Waals surface area contributed by atoms with Crippen LogP contribution in [0.5, 0.6) is 0 Å². The largest absolute Gasteiger partial charge is 0.326 e. The van der Waals surface area contributed by atoms with Crippen LogP contribution in [0.3, 0.4) is 0 Å².